The Balaban J connectivity index is 1.46. The molecule has 0 aliphatic heterocycles. The number of rotatable bonds is 6. The van der Waals surface area contributed by atoms with E-state index in [2.05, 4.69) is 25.5 Å². The molecule has 1 amide bonds. The molecule has 0 fully saturated rings. The van der Waals surface area contributed by atoms with Gasteiger partial charge in [-0.25, -0.2) is 19.0 Å². The van der Waals surface area contributed by atoms with E-state index in [0.29, 0.717) is 34.1 Å². The molecule has 0 saturated heterocycles. The Morgan fingerprint density at radius 3 is 2.56 bits per heavy atom. The van der Waals surface area contributed by atoms with Gasteiger partial charge in [0.1, 0.15) is 23.7 Å². The fourth-order valence-electron chi connectivity index (χ4n) is 3.64. The molecule has 10 heteroatoms. The second-order valence-electron chi connectivity index (χ2n) is 7.62. The zero-order chi connectivity index (χ0) is 23.7. The lowest BCUT2D eigenvalue weighted by molar-refractivity contribution is -0.115. The molecule has 0 spiro atoms. The van der Waals surface area contributed by atoms with E-state index in [1.165, 1.54) is 18.5 Å². The molecule has 0 aliphatic rings. The number of fused-ring (bicyclic) bond motifs is 1. The predicted octanol–water partition coefficient (Wildman–Crippen LogP) is 3.64. The van der Waals surface area contributed by atoms with Crippen molar-refractivity contribution >= 4 is 22.8 Å². The van der Waals surface area contributed by atoms with Gasteiger partial charge in [0.15, 0.2) is 11.5 Å². The van der Waals surface area contributed by atoms with E-state index in [1.54, 1.807) is 40.9 Å². The first-order chi connectivity index (χ1) is 16.5. The van der Waals surface area contributed by atoms with Crippen molar-refractivity contribution < 1.29 is 13.9 Å². The Kier molecular flexibility index (Phi) is 5.46. The fraction of sp³-hybridized carbons (Fsp3) is 0.125. The monoisotopic (exact) mass is 457 g/mol. The molecule has 1 N–H and O–H groups in total. The molecule has 0 unspecified atom stereocenters. The van der Waals surface area contributed by atoms with Crippen molar-refractivity contribution in [3.8, 4) is 17.3 Å². The third kappa shape index (κ3) is 4.08. The van der Waals surface area contributed by atoms with E-state index in [4.69, 9.17) is 4.74 Å². The summed E-state index contributed by atoms with van der Waals surface area (Å²) in [5.74, 6) is 1.14. The van der Waals surface area contributed by atoms with Gasteiger partial charge in [0.25, 0.3) is 0 Å². The lowest BCUT2D eigenvalue weighted by Crippen LogP contribution is -2.17. The molecule has 170 valence electrons. The molecule has 9 nitrogen and oxygen atoms in total. The molecule has 0 saturated carbocycles. The number of amides is 1. The van der Waals surface area contributed by atoms with Crippen LogP contribution in [0.1, 0.15) is 11.3 Å². The van der Waals surface area contributed by atoms with Crippen molar-refractivity contribution in [1.82, 2.24) is 29.5 Å². The summed E-state index contributed by atoms with van der Waals surface area (Å²) in [6.07, 6.45) is 3.21. The Hall–Kier alpha value is -4.60. The largest absolute Gasteiger partial charge is 0.497 e. The third-order valence-corrected chi connectivity index (χ3v) is 5.24. The average molecular weight is 457 g/mol. The molecule has 0 atom stereocenters. The second kappa shape index (κ2) is 8.74. The maximum atomic E-state index is 13.3. The standard InChI is InChI=1S/C24H20FN7O2/c1-15-11-21(29-22(33)12-16-3-9-19(34-2)10-4-16)32(30-15)24-20-13-28-31(23(20)26-14-27-24)18-7-5-17(25)6-8-18/h3-11,13-14H,12H2,1-2H3,(H,29,33). The van der Waals surface area contributed by atoms with Crippen LogP contribution in [-0.4, -0.2) is 42.5 Å². The van der Waals surface area contributed by atoms with Gasteiger partial charge in [0.2, 0.25) is 5.91 Å². The van der Waals surface area contributed by atoms with Crippen molar-refractivity contribution in [1.29, 1.82) is 0 Å². The average Bonchev–Trinajstić information content (AvgIpc) is 3.43. The van der Waals surface area contributed by atoms with Crippen molar-refractivity contribution in [2.75, 3.05) is 12.4 Å². The van der Waals surface area contributed by atoms with Crippen molar-refractivity contribution in [3.63, 3.8) is 0 Å². The zero-order valence-electron chi connectivity index (χ0n) is 18.4. The van der Waals surface area contributed by atoms with Gasteiger partial charge < -0.3 is 10.1 Å². The van der Waals surface area contributed by atoms with Crippen LogP contribution >= 0.6 is 0 Å². The van der Waals surface area contributed by atoms with Gasteiger partial charge in [0, 0.05) is 6.07 Å². The van der Waals surface area contributed by atoms with Crippen LogP contribution in [-0.2, 0) is 11.2 Å². The van der Waals surface area contributed by atoms with Gasteiger partial charge in [0.05, 0.1) is 36.5 Å². The number of ether oxygens (including phenoxy) is 1. The van der Waals surface area contributed by atoms with E-state index in [1.807, 2.05) is 31.2 Å². The maximum Gasteiger partial charge on any atom is 0.229 e. The van der Waals surface area contributed by atoms with Gasteiger partial charge in [-0.1, -0.05) is 12.1 Å². The molecule has 0 aliphatic carbocycles. The summed E-state index contributed by atoms with van der Waals surface area (Å²) in [6.45, 7) is 1.83. The summed E-state index contributed by atoms with van der Waals surface area (Å²) in [7, 11) is 1.60. The van der Waals surface area contributed by atoms with Crippen LogP contribution in [0.4, 0.5) is 10.2 Å². The topological polar surface area (TPSA) is 99.8 Å². The maximum absolute atomic E-state index is 13.3. The number of benzene rings is 2. The van der Waals surface area contributed by atoms with Crippen LogP contribution in [0.2, 0.25) is 0 Å². The Bertz CT molecular complexity index is 1470. The quantitative estimate of drug-likeness (QED) is 0.418. The summed E-state index contributed by atoms with van der Waals surface area (Å²) in [5.41, 5.74) is 2.74. The summed E-state index contributed by atoms with van der Waals surface area (Å²) < 4.78 is 21.7. The molecular weight excluding hydrogens is 437 g/mol. The molecule has 5 rings (SSSR count). The summed E-state index contributed by atoms with van der Waals surface area (Å²) in [4.78, 5) is 21.5. The van der Waals surface area contributed by atoms with Gasteiger partial charge in [-0.2, -0.15) is 14.9 Å². The number of carbonyl (C=O) groups excluding carboxylic acids is 1. The zero-order valence-corrected chi connectivity index (χ0v) is 18.4. The number of hydrogen-bond acceptors (Lipinski definition) is 6. The fourth-order valence-corrected chi connectivity index (χ4v) is 3.64. The van der Waals surface area contributed by atoms with Gasteiger partial charge >= 0.3 is 0 Å². The first-order valence-corrected chi connectivity index (χ1v) is 10.5. The van der Waals surface area contributed by atoms with Gasteiger partial charge in [-0.15, -0.1) is 0 Å². The minimum Gasteiger partial charge on any atom is -0.497 e. The highest BCUT2D eigenvalue weighted by molar-refractivity contribution is 5.92. The summed E-state index contributed by atoms with van der Waals surface area (Å²) >= 11 is 0. The number of carbonyl (C=O) groups is 1. The van der Waals surface area contributed by atoms with Crippen LogP contribution in [0, 0.1) is 12.7 Å². The molecule has 5 aromatic rings. The first-order valence-electron chi connectivity index (χ1n) is 10.5. The molecule has 0 radical (unpaired) electrons. The van der Waals surface area contributed by atoms with E-state index in [9.17, 15) is 9.18 Å². The minimum absolute atomic E-state index is 0.190. The number of methoxy groups -OCH3 is 1. The number of aryl methyl sites for hydroxylation is 1. The van der Waals surface area contributed by atoms with Gasteiger partial charge in [-0.3, -0.25) is 4.79 Å². The highest BCUT2D eigenvalue weighted by atomic mass is 19.1. The van der Waals surface area contributed by atoms with Crippen LogP contribution in [0.5, 0.6) is 5.75 Å². The molecule has 34 heavy (non-hydrogen) atoms. The molecule has 3 aromatic heterocycles. The molecule has 3 heterocycles. The number of nitrogens with zero attached hydrogens (tertiary/aromatic N) is 6. The Labute approximate surface area is 193 Å². The number of anilines is 1. The van der Waals surface area contributed by atoms with Crippen molar-refractivity contribution in [2.45, 2.75) is 13.3 Å². The van der Waals surface area contributed by atoms with Gasteiger partial charge in [-0.05, 0) is 48.9 Å². The number of aromatic nitrogens is 6. The van der Waals surface area contributed by atoms with Crippen LogP contribution in [0.15, 0.2) is 67.1 Å². The summed E-state index contributed by atoms with van der Waals surface area (Å²) in [5, 5.41) is 12.5. The Morgan fingerprint density at radius 2 is 1.82 bits per heavy atom. The number of nitrogens with one attached hydrogen (secondary N) is 1. The predicted molar refractivity (Wildman–Crippen MR) is 124 cm³/mol. The summed E-state index contributed by atoms with van der Waals surface area (Å²) in [6, 6.07) is 15.0. The smallest absolute Gasteiger partial charge is 0.229 e. The van der Waals surface area contributed by atoms with Crippen LogP contribution in [0.25, 0.3) is 22.5 Å². The second-order valence-corrected chi connectivity index (χ2v) is 7.62. The molecule has 2 aromatic carbocycles. The van der Waals surface area contributed by atoms with Crippen LogP contribution < -0.4 is 10.1 Å². The minimum atomic E-state index is -0.336. The van der Waals surface area contributed by atoms with E-state index in [-0.39, 0.29) is 18.1 Å². The van der Waals surface area contributed by atoms with E-state index < -0.39 is 0 Å². The first kappa shape index (κ1) is 21.3. The highest BCUT2D eigenvalue weighted by Crippen LogP contribution is 2.24. The van der Waals surface area contributed by atoms with Crippen LogP contribution in [0.3, 0.4) is 0 Å². The molecule has 0 bridgehead atoms. The number of hydrogen-bond donors (Lipinski definition) is 1. The highest BCUT2D eigenvalue weighted by Gasteiger charge is 2.18. The lowest BCUT2D eigenvalue weighted by atomic mass is 10.1. The Morgan fingerprint density at radius 1 is 1.06 bits per heavy atom. The third-order valence-electron chi connectivity index (χ3n) is 5.24. The number of halogens is 1. The van der Waals surface area contributed by atoms with E-state index >= 15 is 0 Å². The molecular formula is C24H20FN7O2. The van der Waals surface area contributed by atoms with Crippen molar-refractivity contribution in [3.05, 3.63) is 84.2 Å². The SMILES string of the molecule is COc1ccc(CC(=O)Nc2cc(C)nn2-c2ncnc3c2cnn3-c2ccc(F)cc2)cc1. The normalized spacial score (nSPS) is 11.0. The lowest BCUT2D eigenvalue weighted by Gasteiger charge is -2.09. The van der Waals surface area contributed by atoms with E-state index in [0.717, 1.165) is 11.3 Å². The van der Waals surface area contributed by atoms with Crippen molar-refractivity contribution in [2.24, 2.45) is 0 Å².